The molecule has 4 heterocycles. The van der Waals surface area contributed by atoms with Crippen LogP contribution in [0.15, 0.2) is 36.7 Å². The summed E-state index contributed by atoms with van der Waals surface area (Å²) in [6, 6.07) is 8.71. The lowest BCUT2D eigenvalue weighted by atomic mass is 10.1. The minimum atomic E-state index is 0.866. The van der Waals surface area contributed by atoms with Crippen LogP contribution >= 0.6 is 0 Å². The normalized spacial score (nSPS) is 17.9. The molecule has 0 amide bonds. The first-order valence-electron chi connectivity index (χ1n) is 10.5. The van der Waals surface area contributed by atoms with Crippen molar-refractivity contribution in [1.82, 2.24) is 15.3 Å². The van der Waals surface area contributed by atoms with Crippen molar-refractivity contribution in [2.24, 2.45) is 0 Å². The Labute approximate surface area is 162 Å². The number of nitrogens with one attached hydrogen (secondary N) is 1. The predicted molar refractivity (Wildman–Crippen MR) is 111 cm³/mol. The third kappa shape index (κ3) is 4.98. The molecule has 2 aliphatic rings. The topological polar surface area (TPSA) is 44.3 Å². The van der Waals surface area contributed by atoms with Gasteiger partial charge in [-0.1, -0.05) is 0 Å². The van der Waals surface area contributed by atoms with E-state index >= 15 is 0 Å². The first-order valence-corrected chi connectivity index (χ1v) is 10.5. The van der Waals surface area contributed by atoms with Gasteiger partial charge in [0.25, 0.3) is 0 Å². The summed E-state index contributed by atoms with van der Waals surface area (Å²) in [5, 5.41) is 3.59. The zero-order valence-corrected chi connectivity index (χ0v) is 16.2. The van der Waals surface area contributed by atoms with E-state index in [1.54, 1.807) is 0 Å². The van der Waals surface area contributed by atoms with Gasteiger partial charge in [-0.25, -0.2) is 9.97 Å². The lowest BCUT2D eigenvalue weighted by Gasteiger charge is -2.28. The zero-order valence-electron chi connectivity index (χ0n) is 16.2. The predicted octanol–water partition coefficient (Wildman–Crippen LogP) is 3.75. The maximum absolute atomic E-state index is 4.58. The van der Waals surface area contributed by atoms with Crippen LogP contribution in [0.5, 0.6) is 0 Å². The molecular weight excluding hydrogens is 334 g/mol. The van der Waals surface area contributed by atoms with E-state index in [4.69, 9.17) is 0 Å². The van der Waals surface area contributed by atoms with Crippen LogP contribution in [-0.2, 0) is 13.1 Å². The molecule has 1 N–H and O–H groups in total. The van der Waals surface area contributed by atoms with Gasteiger partial charge in [-0.15, -0.1) is 0 Å². The Balaban J connectivity index is 1.32. The maximum Gasteiger partial charge on any atom is 0.128 e. The first-order chi connectivity index (χ1) is 13.4. The van der Waals surface area contributed by atoms with Crippen LogP contribution in [0.4, 0.5) is 11.6 Å². The van der Waals surface area contributed by atoms with Crippen molar-refractivity contribution < 1.29 is 0 Å². The molecule has 2 aliphatic heterocycles. The molecule has 2 aromatic heterocycles. The van der Waals surface area contributed by atoms with Crippen LogP contribution < -0.4 is 15.1 Å². The number of pyridine rings is 2. The summed E-state index contributed by atoms with van der Waals surface area (Å²) in [7, 11) is 0. The first kappa shape index (κ1) is 18.2. The molecule has 0 spiro atoms. The van der Waals surface area contributed by atoms with Gasteiger partial charge in [-0.05, 0) is 73.9 Å². The number of anilines is 2. The molecule has 0 radical (unpaired) electrons. The highest BCUT2D eigenvalue weighted by molar-refractivity contribution is 5.42. The lowest BCUT2D eigenvalue weighted by molar-refractivity contribution is 0.572. The molecule has 4 rings (SSSR count). The molecule has 2 fully saturated rings. The molecule has 5 nitrogen and oxygen atoms in total. The highest BCUT2D eigenvalue weighted by Crippen LogP contribution is 2.20. The van der Waals surface area contributed by atoms with Gasteiger partial charge in [-0.3, -0.25) is 0 Å². The second-order valence-electron chi connectivity index (χ2n) is 7.74. The third-order valence-corrected chi connectivity index (χ3v) is 5.64. The third-order valence-electron chi connectivity index (χ3n) is 5.64. The van der Waals surface area contributed by atoms with E-state index in [1.165, 1.54) is 49.7 Å². The largest absolute Gasteiger partial charge is 0.357 e. The molecule has 2 saturated heterocycles. The molecule has 0 saturated carbocycles. The summed E-state index contributed by atoms with van der Waals surface area (Å²) < 4.78 is 0. The van der Waals surface area contributed by atoms with Crippen molar-refractivity contribution in [3.8, 4) is 0 Å². The Hall–Kier alpha value is -2.14. The summed E-state index contributed by atoms with van der Waals surface area (Å²) >= 11 is 0. The van der Waals surface area contributed by atoms with Crippen LogP contribution in [-0.4, -0.2) is 36.1 Å². The van der Waals surface area contributed by atoms with Crippen LogP contribution in [0.1, 0.15) is 49.7 Å². The Morgan fingerprint density at radius 3 is 1.56 bits per heavy atom. The SMILES string of the molecule is c1cc(CNCc2ccnc(N3CCCCC3)c2)cc(N2CCCCC2)n1. The van der Waals surface area contributed by atoms with Gasteiger partial charge in [0.15, 0.2) is 0 Å². The minimum Gasteiger partial charge on any atom is -0.357 e. The van der Waals surface area contributed by atoms with Gasteiger partial charge in [0.1, 0.15) is 11.6 Å². The summed E-state index contributed by atoms with van der Waals surface area (Å²) in [6.07, 6.45) is 11.7. The van der Waals surface area contributed by atoms with Crippen LogP contribution in [0.3, 0.4) is 0 Å². The van der Waals surface area contributed by atoms with Crippen molar-refractivity contribution in [2.45, 2.75) is 51.6 Å². The average Bonchev–Trinajstić information content (AvgIpc) is 2.75. The van der Waals surface area contributed by atoms with E-state index in [2.05, 4.69) is 49.4 Å². The van der Waals surface area contributed by atoms with Crippen molar-refractivity contribution >= 4 is 11.6 Å². The molecule has 27 heavy (non-hydrogen) atoms. The molecule has 0 bridgehead atoms. The molecule has 144 valence electrons. The molecule has 2 aromatic rings. The Kier molecular flexibility index (Phi) is 6.20. The number of piperidine rings is 2. The van der Waals surface area contributed by atoms with E-state index in [0.717, 1.165) is 50.9 Å². The quantitative estimate of drug-likeness (QED) is 0.845. The average molecular weight is 366 g/mol. The van der Waals surface area contributed by atoms with Crippen LogP contribution in [0, 0.1) is 0 Å². The smallest absolute Gasteiger partial charge is 0.128 e. The van der Waals surface area contributed by atoms with Gasteiger partial charge in [0.05, 0.1) is 0 Å². The highest BCUT2D eigenvalue weighted by atomic mass is 15.2. The summed E-state index contributed by atoms with van der Waals surface area (Å²) in [6.45, 7) is 6.29. The molecule has 0 aromatic carbocycles. The molecular formula is C22H31N5. The summed E-state index contributed by atoms with van der Waals surface area (Å²) in [4.78, 5) is 14.0. The van der Waals surface area contributed by atoms with Gasteiger partial charge < -0.3 is 15.1 Å². The molecule has 0 atom stereocenters. The van der Waals surface area contributed by atoms with Crippen LogP contribution in [0.2, 0.25) is 0 Å². The lowest BCUT2D eigenvalue weighted by Crippen LogP contribution is -2.30. The van der Waals surface area contributed by atoms with Crippen LogP contribution in [0.25, 0.3) is 0 Å². The number of rotatable bonds is 6. The monoisotopic (exact) mass is 365 g/mol. The number of nitrogens with zero attached hydrogens (tertiary/aromatic N) is 4. The standard InChI is InChI=1S/C22H31N5/c1-3-11-26(12-4-1)21-15-19(7-9-24-21)17-23-18-20-8-10-25-22(16-20)27-13-5-2-6-14-27/h7-10,15-16,23H,1-6,11-14,17-18H2. The number of hydrogen-bond donors (Lipinski definition) is 1. The van der Waals surface area contributed by atoms with E-state index in [9.17, 15) is 0 Å². The Morgan fingerprint density at radius 1 is 0.667 bits per heavy atom. The van der Waals surface area contributed by atoms with Crippen molar-refractivity contribution in [3.63, 3.8) is 0 Å². The summed E-state index contributed by atoms with van der Waals surface area (Å²) in [5.41, 5.74) is 2.60. The van der Waals surface area contributed by atoms with Gasteiger partial charge >= 0.3 is 0 Å². The van der Waals surface area contributed by atoms with E-state index in [0.29, 0.717) is 0 Å². The van der Waals surface area contributed by atoms with E-state index < -0.39 is 0 Å². The van der Waals surface area contributed by atoms with E-state index in [-0.39, 0.29) is 0 Å². The fourth-order valence-electron chi connectivity index (χ4n) is 4.08. The zero-order chi connectivity index (χ0) is 18.3. The minimum absolute atomic E-state index is 0.866. The van der Waals surface area contributed by atoms with Gasteiger partial charge in [0.2, 0.25) is 0 Å². The second-order valence-corrected chi connectivity index (χ2v) is 7.74. The van der Waals surface area contributed by atoms with Crippen molar-refractivity contribution in [3.05, 3.63) is 47.8 Å². The van der Waals surface area contributed by atoms with Gasteiger partial charge in [-0.2, -0.15) is 0 Å². The molecule has 0 unspecified atom stereocenters. The molecule has 5 heteroatoms. The second kappa shape index (κ2) is 9.18. The number of aromatic nitrogens is 2. The summed E-state index contributed by atoms with van der Waals surface area (Å²) in [5.74, 6) is 2.26. The van der Waals surface area contributed by atoms with Crippen molar-refractivity contribution in [2.75, 3.05) is 36.0 Å². The van der Waals surface area contributed by atoms with E-state index in [1.807, 2.05) is 12.4 Å². The number of hydrogen-bond acceptors (Lipinski definition) is 5. The fraction of sp³-hybridized carbons (Fsp3) is 0.545. The molecule has 0 aliphatic carbocycles. The maximum atomic E-state index is 4.58. The van der Waals surface area contributed by atoms with Gasteiger partial charge in [0, 0.05) is 51.7 Å². The fourth-order valence-corrected chi connectivity index (χ4v) is 4.08. The Bertz CT molecular complexity index is 659. The Morgan fingerprint density at radius 2 is 1.11 bits per heavy atom. The highest BCUT2D eigenvalue weighted by Gasteiger charge is 2.13. The van der Waals surface area contributed by atoms with Crippen molar-refractivity contribution in [1.29, 1.82) is 0 Å².